The summed E-state index contributed by atoms with van der Waals surface area (Å²) < 4.78 is 0. The summed E-state index contributed by atoms with van der Waals surface area (Å²) in [4.78, 5) is 16.6. The summed E-state index contributed by atoms with van der Waals surface area (Å²) in [5.74, 6) is 0.119. The highest BCUT2D eigenvalue weighted by Crippen LogP contribution is 2.36. The second kappa shape index (κ2) is 10.2. The van der Waals surface area contributed by atoms with Crippen LogP contribution in [0.5, 0.6) is 0 Å². The standard InChI is InChI=1S/C24H20ClN5OS/c1-14(2)15-3-5-16(6-4-15)22-19(11-26)23(28)30-24(20(22)12-27)32-13-21(31)29-18-9-7-17(25)8-10-18/h3-10,14H,13H2,1-2H3,(H2,28,30)(H,29,31). The van der Waals surface area contributed by atoms with E-state index in [9.17, 15) is 15.3 Å². The molecule has 0 atom stereocenters. The molecule has 3 aromatic rings. The Morgan fingerprint density at radius 2 is 1.72 bits per heavy atom. The zero-order chi connectivity index (χ0) is 23.3. The summed E-state index contributed by atoms with van der Waals surface area (Å²) in [6, 6.07) is 18.6. The summed E-state index contributed by atoms with van der Waals surface area (Å²) >= 11 is 6.95. The number of hydrogen-bond donors (Lipinski definition) is 2. The van der Waals surface area contributed by atoms with Crippen molar-refractivity contribution in [1.29, 1.82) is 10.5 Å². The van der Waals surface area contributed by atoms with Crippen LogP contribution >= 0.6 is 23.4 Å². The summed E-state index contributed by atoms with van der Waals surface area (Å²) in [6.07, 6.45) is 0. The maximum atomic E-state index is 12.4. The van der Waals surface area contributed by atoms with E-state index in [2.05, 4.69) is 36.3 Å². The molecule has 1 amide bonds. The van der Waals surface area contributed by atoms with Crippen LogP contribution in [0.2, 0.25) is 5.02 Å². The lowest BCUT2D eigenvalue weighted by molar-refractivity contribution is -0.113. The lowest BCUT2D eigenvalue weighted by Crippen LogP contribution is -2.14. The SMILES string of the molecule is CC(C)c1ccc(-c2c(C#N)c(N)nc(SCC(=O)Nc3ccc(Cl)cc3)c2C#N)cc1. The molecule has 3 N–H and O–H groups in total. The zero-order valence-electron chi connectivity index (χ0n) is 17.5. The second-order valence-electron chi connectivity index (χ2n) is 7.27. The Morgan fingerprint density at radius 1 is 1.09 bits per heavy atom. The third kappa shape index (κ3) is 5.20. The van der Waals surface area contributed by atoms with E-state index in [1.165, 1.54) is 0 Å². The lowest BCUT2D eigenvalue weighted by atomic mass is 9.94. The van der Waals surface area contributed by atoms with E-state index in [4.69, 9.17) is 17.3 Å². The van der Waals surface area contributed by atoms with E-state index in [1.54, 1.807) is 24.3 Å². The summed E-state index contributed by atoms with van der Waals surface area (Å²) in [5, 5.41) is 23.2. The van der Waals surface area contributed by atoms with Gasteiger partial charge in [-0.15, -0.1) is 0 Å². The van der Waals surface area contributed by atoms with Crippen molar-refractivity contribution in [3.05, 3.63) is 70.2 Å². The molecule has 2 aromatic carbocycles. The Labute approximate surface area is 196 Å². The molecule has 0 spiro atoms. The molecule has 0 aliphatic heterocycles. The van der Waals surface area contributed by atoms with Gasteiger partial charge in [0.15, 0.2) is 0 Å². The number of halogens is 1. The smallest absolute Gasteiger partial charge is 0.234 e. The Kier molecular flexibility index (Phi) is 7.37. The van der Waals surface area contributed by atoms with Gasteiger partial charge in [0.05, 0.1) is 11.3 Å². The normalized spacial score (nSPS) is 10.4. The Bertz CT molecular complexity index is 1230. The summed E-state index contributed by atoms with van der Waals surface area (Å²) in [6.45, 7) is 4.18. The number of nitrogens with zero attached hydrogens (tertiary/aromatic N) is 3. The van der Waals surface area contributed by atoms with Crippen LogP contribution in [0, 0.1) is 22.7 Å². The van der Waals surface area contributed by atoms with Crippen LogP contribution in [0.1, 0.15) is 36.5 Å². The fraction of sp³-hybridized carbons (Fsp3) is 0.167. The first-order valence-corrected chi connectivity index (χ1v) is 11.1. The van der Waals surface area contributed by atoms with E-state index in [1.807, 2.05) is 24.3 Å². The molecule has 1 aromatic heterocycles. The highest BCUT2D eigenvalue weighted by atomic mass is 35.5. The zero-order valence-corrected chi connectivity index (χ0v) is 19.1. The van der Waals surface area contributed by atoms with Gasteiger partial charge < -0.3 is 11.1 Å². The molecule has 3 rings (SSSR count). The Hall–Kier alpha value is -3.52. The maximum absolute atomic E-state index is 12.4. The Balaban J connectivity index is 1.91. The molecule has 6 nitrogen and oxygen atoms in total. The van der Waals surface area contributed by atoms with E-state index in [0.29, 0.717) is 32.8 Å². The first-order valence-electron chi connectivity index (χ1n) is 9.76. The number of anilines is 2. The van der Waals surface area contributed by atoms with Crippen LogP contribution in [-0.2, 0) is 4.79 Å². The van der Waals surface area contributed by atoms with Gasteiger partial charge in [0.2, 0.25) is 5.91 Å². The molecule has 0 bridgehead atoms. The molecule has 0 saturated carbocycles. The summed E-state index contributed by atoms with van der Waals surface area (Å²) in [7, 11) is 0. The number of aromatic nitrogens is 1. The van der Waals surface area contributed by atoms with E-state index in [0.717, 1.165) is 17.3 Å². The van der Waals surface area contributed by atoms with Gasteiger partial charge in [0.25, 0.3) is 0 Å². The third-order valence-electron chi connectivity index (χ3n) is 4.75. The predicted octanol–water partition coefficient (Wildman–Crippen LogP) is 5.58. The van der Waals surface area contributed by atoms with Crippen molar-refractivity contribution in [1.82, 2.24) is 4.98 Å². The van der Waals surface area contributed by atoms with Crippen LogP contribution in [-0.4, -0.2) is 16.6 Å². The number of hydrogen-bond acceptors (Lipinski definition) is 6. The Morgan fingerprint density at radius 3 is 2.28 bits per heavy atom. The van der Waals surface area contributed by atoms with Gasteiger partial charge in [-0.1, -0.05) is 61.5 Å². The number of carbonyl (C=O) groups excluding carboxylic acids is 1. The number of amides is 1. The number of nitriles is 2. The highest BCUT2D eigenvalue weighted by molar-refractivity contribution is 8.00. The average molecular weight is 462 g/mol. The molecule has 0 radical (unpaired) electrons. The minimum absolute atomic E-state index is 0.0153. The van der Waals surface area contributed by atoms with E-state index in [-0.39, 0.29) is 28.6 Å². The molecule has 0 saturated heterocycles. The molecule has 0 unspecified atom stereocenters. The van der Waals surface area contributed by atoms with Crippen molar-refractivity contribution in [3.63, 3.8) is 0 Å². The fourth-order valence-corrected chi connectivity index (χ4v) is 4.01. The van der Waals surface area contributed by atoms with Gasteiger partial charge in [-0.05, 0) is 41.3 Å². The van der Waals surface area contributed by atoms with Crippen molar-refractivity contribution >= 4 is 40.8 Å². The number of pyridine rings is 1. The number of benzene rings is 2. The molecule has 0 aliphatic carbocycles. The first kappa shape index (κ1) is 23.1. The number of rotatable bonds is 6. The molecular formula is C24H20ClN5OS. The maximum Gasteiger partial charge on any atom is 0.234 e. The highest BCUT2D eigenvalue weighted by Gasteiger charge is 2.21. The average Bonchev–Trinajstić information content (AvgIpc) is 2.78. The van der Waals surface area contributed by atoms with E-state index >= 15 is 0 Å². The number of nitrogens with one attached hydrogen (secondary N) is 1. The third-order valence-corrected chi connectivity index (χ3v) is 5.98. The van der Waals surface area contributed by atoms with Crippen molar-refractivity contribution in [2.75, 3.05) is 16.8 Å². The molecule has 0 fully saturated rings. The van der Waals surface area contributed by atoms with Crippen LogP contribution in [0.3, 0.4) is 0 Å². The van der Waals surface area contributed by atoms with Crippen LogP contribution in [0.15, 0.2) is 53.6 Å². The van der Waals surface area contributed by atoms with Crippen molar-refractivity contribution in [3.8, 4) is 23.3 Å². The topological polar surface area (TPSA) is 116 Å². The van der Waals surface area contributed by atoms with Crippen molar-refractivity contribution in [2.45, 2.75) is 24.8 Å². The molecule has 0 aliphatic rings. The van der Waals surface area contributed by atoms with Crippen LogP contribution < -0.4 is 11.1 Å². The molecule has 160 valence electrons. The number of thioether (sulfide) groups is 1. The van der Waals surface area contributed by atoms with Gasteiger partial charge in [0.1, 0.15) is 28.5 Å². The minimum atomic E-state index is -0.270. The molecular weight excluding hydrogens is 442 g/mol. The molecule has 32 heavy (non-hydrogen) atoms. The minimum Gasteiger partial charge on any atom is -0.383 e. The second-order valence-corrected chi connectivity index (χ2v) is 8.67. The van der Waals surface area contributed by atoms with Crippen molar-refractivity contribution < 1.29 is 4.79 Å². The monoisotopic (exact) mass is 461 g/mol. The first-order chi connectivity index (χ1) is 15.3. The number of nitrogens with two attached hydrogens (primary N) is 1. The van der Waals surface area contributed by atoms with Crippen LogP contribution in [0.25, 0.3) is 11.1 Å². The van der Waals surface area contributed by atoms with Gasteiger partial charge in [-0.25, -0.2) is 4.98 Å². The van der Waals surface area contributed by atoms with E-state index < -0.39 is 0 Å². The molecule has 1 heterocycles. The fourth-order valence-electron chi connectivity index (χ4n) is 3.09. The largest absolute Gasteiger partial charge is 0.383 e. The van der Waals surface area contributed by atoms with Gasteiger partial charge >= 0.3 is 0 Å². The predicted molar refractivity (Wildman–Crippen MR) is 128 cm³/mol. The summed E-state index contributed by atoms with van der Waals surface area (Å²) in [5.41, 5.74) is 9.29. The van der Waals surface area contributed by atoms with Crippen molar-refractivity contribution in [2.24, 2.45) is 0 Å². The lowest BCUT2D eigenvalue weighted by Gasteiger charge is -2.14. The van der Waals surface area contributed by atoms with Gasteiger partial charge in [0, 0.05) is 16.3 Å². The van der Waals surface area contributed by atoms with Crippen LogP contribution in [0.4, 0.5) is 11.5 Å². The van der Waals surface area contributed by atoms with Gasteiger partial charge in [-0.2, -0.15) is 10.5 Å². The quantitative estimate of drug-likeness (QED) is 0.463. The van der Waals surface area contributed by atoms with Gasteiger partial charge in [-0.3, -0.25) is 4.79 Å². The number of nitrogen functional groups attached to an aromatic ring is 1. The number of carbonyl (C=O) groups is 1. The molecule has 8 heteroatoms.